The second-order valence-electron chi connectivity index (χ2n) is 19.1. The fourth-order valence-electron chi connectivity index (χ4n) is 11.8. The van der Waals surface area contributed by atoms with Gasteiger partial charge in [-0.3, -0.25) is 14.4 Å². The number of carbonyl (C=O) groups excluding carboxylic acids is 4. The smallest absolute Gasteiger partial charge is 0.407 e. The number of unbranched alkanes of at least 4 members (excludes halogenated alkanes) is 7. The number of halogens is 1. The van der Waals surface area contributed by atoms with Gasteiger partial charge < -0.3 is 34.4 Å². The average molecular weight is 859 g/mol. The number of rotatable bonds is 16. The van der Waals surface area contributed by atoms with Crippen LogP contribution in [0, 0.1) is 49.4 Å². The van der Waals surface area contributed by atoms with E-state index >= 15 is 4.39 Å². The van der Waals surface area contributed by atoms with Crippen molar-refractivity contribution in [1.29, 1.82) is 0 Å². The highest BCUT2D eigenvalue weighted by Crippen LogP contribution is 2.70. The van der Waals surface area contributed by atoms with E-state index in [2.05, 4.69) is 10.6 Å². The third-order valence-electron chi connectivity index (χ3n) is 15.4. The summed E-state index contributed by atoms with van der Waals surface area (Å²) in [5, 5.41) is 31.2. The number of nitrogens with one attached hydrogen (secondary N) is 2. The molecule has 0 saturated heterocycles. The van der Waals surface area contributed by atoms with E-state index in [1.54, 1.807) is 26.8 Å². The maximum atomic E-state index is 17.4. The van der Waals surface area contributed by atoms with Crippen molar-refractivity contribution in [3.05, 3.63) is 68.8 Å². The molecule has 4 aliphatic carbocycles. The number of benzene rings is 1. The van der Waals surface area contributed by atoms with E-state index in [4.69, 9.17) is 13.6 Å². The van der Waals surface area contributed by atoms with Gasteiger partial charge in [0.05, 0.1) is 6.10 Å². The third kappa shape index (κ3) is 7.75. The van der Waals surface area contributed by atoms with Gasteiger partial charge in [0.1, 0.15) is 22.5 Å². The Morgan fingerprint density at radius 2 is 1.60 bits per heavy atom. The molecule has 0 bridgehead atoms. The van der Waals surface area contributed by atoms with Gasteiger partial charge in [0, 0.05) is 70.6 Å². The van der Waals surface area contributed by atoms with E-state index in [0.717, 1.165) is 78.8 Å². The number of alkyl carbamates (subject to hydrolysis) is 1. The van der Waals surface area contributed by atoms with Crippen molar-refractivity contribution in [2.24, 2.45) is 28.6 Å². The van der Waals surface area contributed by atoms with Crippen molar-refractivity contribution in [1.82, 2.24) is 10.6 Å². The topological polar surface area (TPSA) is 185 Å². The second-order valence-corrected chi connectivity index (χ2v) is 19.1. The van der Waals surface area contributed by atoms with Crippen LogP contribution in [0.5, 0.6) is 0 Å². The SMILES string of the molecule is Cc1oc2c(C)c3oc(=O)cc(C)c3cc2c1CNC(=O)CCCCCCCCCCNC(=O)OCC(=O)[C@@]1(O)[C@H](C)CC2C3CC=C4CC(=O)C=CC4(C)[C@@]3(F)C(O)CC21C. The van der Waals surface area contributed by atoms with Crippen LogP contribution < -0.4 is 16.3 Å². The van der Waals surface area contributed by atoms with E-state index in [0.29, 0.717) is 54.9 Å². The molecule has 2 amide bonds. The Morgan fingerprint density at radius 1 is 0.919 bits per heavy atom. The van der Waals surface area contributed by atoms with Gasteiger partial charge in [0.25, 0.3) is 0 Å². The number of aryl methyl sites for hydroxylation is 3. The van der Waals surface area contributed by atoms with Crippen LogP contribution in [0.3, 0.4) is 0 Å². The summed E-state index contributed by atoms with van der Waals surface area (Å²) < 4.78 is 34.2. The van der Waals surface area contributed by atoms with Gasteiger partial charge in [-0.15, -0.1) is 0 Å². The molecule has 4 N–H and O–H groups in total. The van der Waals surface area contributed by atoms with Crippen LogP contribution in [-0.2, 0) is 25.7 Å². The molecule has 1 aromatic carbocycles. The summed E-state index contributed by atoms with van der Waals surface area (Å²) in [6, 6.07) is 3.44. The van der Waals surface area contributed by atoms with Crippen molar-refractivity contribution in [2.75, 3.05) is 13.2 Å². The molecule has 8 atom stereocenters. The number of ether oxygens (including phenoxy) is 1. The van der Waals surface area contributed by atoms with Crippen LogP contribution in [0.25, 0.3) is 21.9 Å². The number of allylic oxidation sites excluding steroid dienone is 4. The molecule has 2 aromatic heterocycles. The van der Waals surface area contributed by atoms with Crippen molar-refractivity contribution in [3.8, 4) is 0 Å². The zero-order chi connectivity index (χ0) is 44.8. The van der Waals surface area contributed by atoms with Gasteiger partial charge >= 0.3 is 11.7 Å². The molecule has 336 valence electrons. The highest BCUT2D eigenvalue weighted by Gasteiger charge is 2.75. The quantitative estimate of drug-likeness (QED) is 0.0621. The number of aliphatic hydroxyl groups is 2. The molecule has 0 radical (unpaired) electrons. The molecule has 3 aromatic rings. The fraction of sp³-hybridized carbons (Fsp3) is 0.612. The largest absolute Gasteiger partial charge is 0.461 e. The maximum Gasteiger partial charge on any atom is 0.407 e. The van der Waals surface area contributed by atoms with E-state index in [1.165, 1.54) is 12.1 Å². The molecule has 4 aliphatic rings. The molecule has 7 rings (SSSR count). The lowest BCUT2D eigenvalue weighted by Crippen LogP contribution is -2.69. The molecule has 2 heterocycles. The highest BCUT2D eigenvalue weighted by atomic mass is 19.1. The van der Waals surface area contributed by atoms with E-state index < -0.39 is 70.1 Å². The van der Waals surface area contributed by atoms with Crippen molar-refractivity contribution in [3.63, 3.8) is 0 Å². The predicted molar refractivity (Wildman–Crippen MR) is 232 cm³/mol. The first kappa shape index (κ1) is 45.4. The maximum absolute atomic E-state index is 17.4. The Morgan fingerprint density at radius 3 is 2.32 bits per heavy atom. The number of fused-ring (bicyclic) bond motifs is 7. The highest BCUT2D eigenvalue weighted by molar-refractivity contribution is 6.00. The molecule has 13 heteroatoms. The normalized spacial score (nSPS) is 30.1. The van der Waals surface area contributed by atoms with Crippen LogP contribution in [-0.4, -0.2) is 64.3 Å². The lowest BCUT2D eigenvalue weighted by atomic mass is 9.45. The molecule has 5 unspecified atom stereocenters. The first-order valence-corrected chi connectivity index (χ1v) is 22.5. The van der Waals surface area contributed by atoms with Crippen LogP contribution >= 0.6 is 0 Å². The molecule has 2 saturated carbocycles. The first-order chi connectivity index (χ1) is 29.4. The Hall–Kier alpha value is -4.62. The zero-order valence-electron chi connectivity index (χ0n) is 37.0. The molecular formula is C49H63FN2O10. The summed E-state index contributed by atoms with van der Waals surface area (Å²) in [6.45, 7) is 11.0. The Bertz CT molecular complexity index is 2380. The third-order valence-corrected chi connectivity index (χ3v) is 15.4. The standard InChI is InChI=1S/C49H63FN2O10/c1-28-21-42(57)62-43-30(3)44-35(24-34(28)43)36(31(4)61-44)26-52-41(56)15-13-11-9-7-8-10-12-14-20-51-45(58)60-27-40(55)49(59)29(2)22-38-37-17-16-32-23-33(53)18-19-46(32,5)48(37,50)39(54)25-47(38,49)6/h16,18-19,21,24,29,37-39,54,59H,7-15,17,20,22-23,25-27H2,1-6H3,(H,51,58)(H,52,56)/t29-,37?,38?,39?,46?,47?,48+,49+/m1/s1. The zero-order valence-corrected chi connectivity index (χ0v) is 37.0. The number of aliphatic hydroxyl groups excluding tert-OH is 1. The van der Waals surface area contributed by atoms with Crippen LogP contribution in [0.1, 0.15) is 127 Å². The summed E-state index contributed by atoms with van der Waals surface area (Å²) in [5.41, 5.74) is -2.36. The first-order valence-electron chi connectivity index (χ1n) is 22.5. The Labute approximate surface area is 362 Å². The number of carbonyl (C=O) groups is 4. The summed E-state index contributed by atoms with van der Waals surface area (Å²) >= 11 is 0. The van der Waals surface area contributed by atoms with Crippen LogP contribution in [0.4, 0.5) is 9.18 Å². The number of ketones is 2. The number of Topliss-reactive ketones (excluding diaryl/α,β-unsaturated/α-hetero) is 1. The fourth-order valence-corrected chi connectivity index (χ4v) is 11.8. The Balaban J connectivity index is 0.769. The lowest BCUT2D eigenvalue weighted by Gasteiger charge is -2.62. The summed E-state index contributed by atoms with van der Waals surface area (Å²) in [5.74, 6) is -1.69. The lowest BCUT2D eigenvalue weighted by molar-refractivity contribution is -0.215. The van der Waals surface area contributed by atoms with Crippen LogP contribution in [0.15, 0.2) is 49.6 Å². The number of hydrogen-bond donors (Lipinski definition) is 4. The summed E-state index contributed by atoms with van der Waals surface area (Å²) in [7, 11) is 0. The summed E-state index contributed by atoms with van der Waals surface area (Å²) in [6.07, 6.45) is 11.3. The molecule has 12 nitrogen and oxygen atoms in total. The van der Waals surface area contributed by atoms with Gasteiger partial charge in [0.2, 0.25) is 11.7 Å². The van der Waals surface area contributed by atoms with Crippen molar-refractivity contribution < 1.29 is 47.4 Å². The molecule has 0 aliphatic heterocycles. The van der Waals surface area contributed by atoms with E-state index in [1.807, 2.05) is 32.9 Å². The second kappa shape index (κ2) is 17.5. The van der Waals surface area contributed by atoms with Crippen molar-refractivity contribution in [2.45, 2.75) is 149 Å². The minimum absolute atomic E-state index is 0.0119. The Kier molecular flexibility index (Phi) is 12.8. The van der Waals surface area contributed by atoms with Gasteiger partial charge in [0.15, 0.2) is 18.1 Å². The van der Waals surface area contributed by atoms with Gasteiger partial charge in [-0.2, -0.15) is 0 Å². The van der Waals surface area contributed by atoms with Gasteiger partial charge in [-0.1, -0.05) is 70.1 Å². The summed E-state index contributed by atoms with van der Waals surface area (Å²) in [4.78, 5) is 63.1. The minimum Gasteiger partial charge on any atom is -0.461 e. The minimum atomic E-state index is -2.07. The average Bonchev–Trinajstić information content (AvgIpc) is 3.65. The van der Waals surface area contributed by atoms with E-state index in [-0.39, 0.29) is 24.5 Å². The molecule has 62 heavy (non-hydrogen) atoms. The monoisotopic (exact) mass is 858 g/mol. The molecular weight excluding hydrogens is 796 g/mol. The van der Waals surface area contributed by atoms with E-state index in [9.17, 15) is 34.2 Å². The number of alkyl halides is 1. The van der Waals surface area contributed by atoms with Gasteiger partial charge in [-0.25, -0.2) is 14.0 Å². The molecule has 2 fully saturated rings. The number of furan rings is 1. The number of hydrogen-bond acceptors (Lipinski definition) is 10. The predicted octanol–water partition coefficient (Wildman–Crippen LogP) is 8.23. The molecule has 0 spiro atoms. The van der Waals surface area contributed by atoms with Gasteiger partial charge in [-0.05, 0) is 89.3 Å². The van der Waals surface area contributed by atoms with Crippen LogP contribution in [0.2, 0.25) is 0 Å². The van der Waals surface area contributed by atoms with Crippen molar-refractivity contribution >= 4 is 45.5 Å². The number of amides is 2.